The maximum absolute atomic E-state index is 12.5. The average Bonchev–Trinajstić information content (AvgIpc) is 2.61. The van der Waals surface area contributed by atoms with E-state index in [9.17, 15) is 4.79 Å². The summed E-state index contributed by atoms with van der Waals surface area (Å²) in [6, 6.07) is 13.3. The van der Waals surface area contributed by atoms with Gasteiger partial charge >= 0.3 is 0 Å². The van der Waals surface area contributed by atoms with E-state index in [0.717, 1.165) is 31.1 Å². The molecule has 25 heavy (non-hydrogen) atoms. The number of pyridine rings is 1. The van der Waals surface area contributed by atoms with E-state index in [1.165, 1.54) is 0 Å². The van der Waals surface area contributed by atoms with E-state index in [0.29, 0.717) is 12.2 Å². The summed E-state index contributed by atoms with van der Waals surface area (Å²) >= 11 is 0. The zero-order valence-corrected chi connectivity index (χ0v) is 15.7. The molecule has 1 amide bonds. The van der Waals surface area contributed by atoms with Crippen LogP contribution in [0, 0.1) is 0 Å². The first-order valence-electron chi connectivity index (χ1n) is 7.88. The fourth-order valence-electron chi connectivity index (χ4n) is 2.64. The van der Waals surface area contributed by atoms with Crippen molar-refractivity contribution in [2.75, 3.05) is 19.6 Å². The van der Waals surface area contributed by atoms with Crippen LogP contribution < -0.4 is 10.1 Å². The molecule has 2 aromatic rings. The van der Waals surface area contributed by atoms with Crippen LogP contribution in [0.15, 0.2) is 48.7 Å². The molecule has 0 radical (unpaired) electrons. The molecule has 0 saturated carbocycles. The minimum absolute atomic E-state index is 0. The van der Waals surface area contributed by atoms with Gasteiger partial charge in [-0.1, -0.05) is 6.07 Å². The summed E-state index contributed by atoms with van der Waals surface area (Å²) in [6.07, 6.45) is 1.75. The lowest BCUT2D eigenvalue weighted by Crippen LogP contribution is -2.52. The molecule has 136 valence electrons. The van der Waals surface area contributed by atoms with Gasteiger partial charge in [0.2, 0.25) is 0 Å². The number of piperazine rings is 1. The number of rotatable bonds is 4. The number of halogens is 2. The molecule has 0 bridgehead atoms. The Labute approximate surface area is 160 Å². The Balaban J connectivity index is 0.00000156. The lowest BCUT2D eigenvalue weighted by Gasteiger charge is -2.34. The van der Waals surface area contributed by atoms with Crippen LogP contribution in [0.25, 0.3) is 0 Å². The van der Waals surface area contributed by atoms with Gasteiger partial charge < -0.3 is 15.0 Å². The lowest BCUT2D eigenvalue weighted by molar-refractivity contribution is 0.0655. The molecule has 1 fully saturated rings. The van der Waals surface area contributed by atoms with Crippen LogP contribution in [0.2, 0.25) is 0 Å². The maximum atomic E-state index is 12.5. The second kappa shape index (κ2) is 10.2. The fourth-order valence-corrected chi connectivity index (χ4v) is 2.64. The minimum Gasteiger partial charge on any atom is -0.487 e. The Morgan fingerprint density at radius 2 is 2.00 bits per heavy atom. The number of hydrogen-bond acceptors (Lipinski definition) is 4. The van der Waals surface area contributed by atoms with Crippen molar-refractivity contribution >= 4 is 30.7 Å². The van der Waals surface area contributed by atoms with Gasteiger partial charge in [-0.3, -0.25) is 9.78 Å². The average molecular weight is 384 g/mol. The molecular weight excluding hydrogens is 361 g/mol. The van der Waals surface area contributed by atoms with E-state index >= 15 is 0 Å². The van der Waals surface area contributed by atoms with Gasteiger partial charge in [-0.05, 0) is 43.3 Å². The summed E-state index contributed by atoms with van der Waals surface area (Å²) in [5, 5.41) is 3.29. The molecule has 1 aliphatic rings. The van der Waals surface area contributed by atoms with Crippen molar-refractivity contribution in [2.45, 2.75) is 19.6 Å². The zero-order valence-electron chi connectivity index (χ0n) is 14.1. The predicted octanol–water partition coefficient (Wildman–Crippen LogP) is 2.94. The third kappa shape index (κ3) is 5.59. The van der Waals surface area contributed by atoms with Crippen molar-refractivity contribution < 1.29 is 9.53 Å². The van der Waals surface area contributed by atoms with Crippen molar-refractivity contribution in [3.63, 3.8) is 0 Å². The van der Waals surface area contributed by atoms with Gasteiger partial charge in [0.15, 0.2) is 0 Å². The third-order valence-electron chi connectivity index (χ3n) is 3.98. The molecule has 1 aromatic carbocycles. The number of aromatic nitrogens is 1. The van der Waals surface area contributed by atoms with Crippen molar-refractivity contribution in [3.05, 3.63) is 59.9 Å². The first kappa shape index (κ1) is 21.2. The molecule has 2 heterocycles. The topological polar surface area (TPSA) is 54.5 Å². The number of nitrogens with one attached hydrogen (secondary N) is 1. The Morgan fingerprint density at radius 1 is 1.24 bits per heavy atom. The molecule has 1 N–H and O–H groups in total. The molecule has 1 saturated heterocycles. The lowest BCUT2D eigenvalue weighted by atomic mass is 10.1. The largest absolute Gasteiger partial charge is 0.487 e. The van der Waals surface area contributed by atoms with E-state index in [-0.39, 0.29) is 36.8 Å². The monoisotopic (exact) mass is 383 g/mol. The van der Waals surface area contributed by atoms with Crippen molar-refractivity contribution in [3.8, 4) is 5.75 Å². The summed E-state index contributed by atoms with van der Waals surface area (Å²) in [6.45, 7) is 4.92. The molecule has 3 rings (SSSR count). The molecule has 0 aliphatic carbocycles. The van der Waals surface area contributed by atoms with Crippen molar-refractivity contribution in [2.24, 2.45) is 0 Å². The van der Waals surface area contributed by atoms with Crippen LogP contribution in [0.5, 0.6) is 5.75 Å². The second-order valence-corrected chi connectivity index (χ2v) is 5.69. The quantitative estimate of drug-likeness (QED) is 0.881. The van der Waals surface area contributed by atoms with Gasteiger partial charge in [-0.15, -0.1) is 24.8 Å². The van der Waals surface area contributed by atoms with Gasteiger partial charge in [0, 0.05) is 37.4 Å². The number of hydrogen-bond donors (Lipinski definition) is 1. The van der Waals surface area contributed by atoms with Crippen molar-refractivity contribution in [1.82, 2.24) is 15.2 Å². The van der Waals surface area contributed by atoms with Gasteiger partial charge in [-0.2, -0.15) is 0 Å². The molecule has 0 spiro atoms. The first-order valence-corrected chi connectivity index (χ1v) is 7.88. The van der Waals surface area contributed by atoms with Crippen LogP contribution in [-0.2, 0) is 6.61 Å². The number of ether oxygens (including phenoxy) is 1. The normalized spacial score (nSPS) is 16.4. The summed E-state index contributed by atoms with van der Waals surface area (Å²) in [7, 11) is 0. The Morgan fingerprint density at radius 3 is 2.64 bits per heavy atom. The number of nitrogens with zero attached hydrogens (tertiary/aromatic N) is 2. The van der Waals surface area contributed by atoms with Crippen LogP contribution in [0.1, 0.15) is 23.0 Å². The highest BCUT2D eigenvalue weighted by molar-refractivity contribution is 5.94. The SMILES string of the molecule is CC1CNCCN1C(=O)c1ccc(OCc2ccccn2)cc1.Cl.Cl. The van der Waals surface area contributed by atoms with Gasteiger partial charge in [0.1, 0.15) is 12.4 Å². The highest BCUT2D eigenvalue weighted by Gasteiger charge is 2.23. The highest BCUT2D eigenvalue weighted by Crippen LogP contribution is 2.16. The van der Waals surface area contributed by atoms with Crippen molar-refractivity contribution in [1.29, 1.82) is 0 Å². The molecule has 1 unspecified atom stereocenters. The van der Waals surface area contributed by atoms with E-state index in [1.807, 2.05) is 47.4 Å². The number of carbonyl (C=O) groups is 1. The molecule has 5 nitrogen and oxygen atoms in total. The van der Waals surface area contributed by atoms with Crippen LogP contribution in [-0.4, -0.2) is 41.5 Å². The van der Waals surface area contributed by atoms with E-state index in [2.05, 4.69) is 17.2 Å². The molecule has 1 aliphatic heterocycles. The third-order valence-corrected chi connectivity index (χ3v) is 3.98. The fraction of sp³-hybridized carbons (Fsp3) is 0.333. The van der Waals surface area contributed by atoms with E-state index in [1.54, 1.807) is 6.20 Å². The van der Waals surface area contributed by atoms with Crippen LogP contribution >= 0.6 is 24.8 Å². The van der Waals surface area contributed by atoms with E-state index < -0.39 is 0 Å². The van der Waals surface area contributed by atoms with Gasteiger partial charge in [0.05, 0.1) is 5.69 Å². The second-order valence-electron chi connectivity index (χ2n) is 5.69. The molecular formula is C18H23Cl2N3O2. The summed E-state index contributed by atoms with van der Waals surface area (Å²) < 4.78 is 5.70. The molecule has 1 atom stereocenters. The standard InChI is InChI=1S/C18H21N3O2.2ClH/c1-14-12-19-10-11-21(14)18(22)15-5-7-17(8-6-15)23-13-16-4-2-3-9-20-16;;/h2-9,14,19H,10-13H2,1H3;2*1H. The summed E-state index contributed by atoms with van der Waals surface area (Å²) in [4.78, 5) is 18.7. The Bertz CT molecular complexity index is 653. The van der Waals surface area contributed by atoms with Gasteiger partial charge in [-0.25, -0.2) is 0 Å². The number of amides is 1. The molecule has 7 heteroatoms. The highest BCUT2D eigenvalue weighted by atomic mass is 35.5. The Kier molecular flexibility index (Phi) is 8.69. The van der Waals surface area contributed by atoms with Gasteiger partial charge in [0.25, 0.3) is 5.91 Å². The first-order chi connectivity index (χ1) is 11.2. The minimum atomic E-state index is 0. The maximum Gasteiger partial charge on any atom is 0.254 e. The summed E-state index contributed by atoms with van der Waals surface area (Å²) in [5.74, 6) is 0.816. The van der Waals surface area contributed by atoms with E-state index in [4.69, 9.17) is 4.74 Å². The van der Waals surface area contributed by atoms with Crippen LogP contribution in [0.4, 0.5) is 0 Å². The van der Waals surface area contributed by atoms with Crippen LogP contribution in [0.3, 0.4) is 0 Å². The smallest absolute Gasteiger partial charge is 0.254 e. The zero-order chi connectivity index (χ0) is 16.1. The molecule has 1 aromatic heterocycles. The summed E-state index contributed by atoms with van der Waals surface area (Å²) in [5.41, 5.74) is 1.58. The Hall–Kier alpha value is -1.82. The number of benzene rings is 1. The number of carbonyl (C=O) groups excluding carboxylic acids is 1. The predicted molar refractivity (Wildman–Crippen MR) is 103 cm³/mol.